The van der Waals surface area contributed by atoms with Gasteiger partial charge < -0.3 is 14.2 Å². The van der Waals surface area contributed by atoms with E-state index in [1.54, 1.807) is 0 Å². The number of fused-ring (bicyclic) bond motifs is 4. The molecule has 5 aromatic carbocycles. The van der Waals surface area contributed by atoms with Gasteiger partial charge in [0.15, 0.2) is 0 Å². The molecule has 0 spiro atoms. The highest BCUT2D eigenvalue weighted by Crippen LogP contribution is 2.36. The minimum atomic E-state index is 0.0651. The molecule has 4 heteroatoms. The Labute approximate surface area is 198 Å². The zero-order valence-corrected chi connectivity index (χ0v) is 18.3. The molecule has 2 aliphatic rings. The van der Waals surface area contributed by atoms with Gasteiger partial charge in [-0.2, -0.15) is 0 Å². The first kappa shape index (κ1) is 19.1. The smallest absolute Gasteiger partial charge is 0.260 e. The minimum absolute atomic E-state index is 0.0651. The van der Waals surface area contributed by atoms with Gasteiger partial charge in [0.1, 0.15) is 34.5 Å². The van der Waals surface area contributed by atoms with Crippen LogP contribution in [0.25, 0.3) is 11.1 Å². The largest absolute Gasteiger partial charge is 0.458 e. The summed E-state index contributed by atoms with van der Waals surface area (Å²) in [4.78, 5) is 0. The standard InChI is InChI=1S/C30H19BO3/c1-2-8-20(9-3-1)21-10-6-11-22(18-21)32-23-16-17-25-29(19-23)34-28-15-7-14-27-30(28)31(25)24-12-4-5-13-26(24)33-27/h1-19H. The second-order valence-electron chi connectivity index (χ2n) is 8.54. The molecule has 2 heterocycles. The summed E-state index contributed by atoms with van der Waals surface area (Å²) < 4.78 is 18.8. The molecule has 0 aliphatic carbocycles. The molecule has 34 heavy (non-hydrogen) atoms. The van der Waals surface area contributed by atoms with E-state index in [1.807, 2.05) is 72.8 Å². The molecular weight excluding hydrogens is 419 g/mol. The van der Waals surface area contributed by atoms with Crippen LogP contribution in [-0.2, 0) is 0 Å². The van der Waals surface area contributed by atoms with Gasteiger partial charge in [-0.1, -0.05) is 72.8 Å². The van der Waals surface area contributed by atoms with Crippen LogP contribution >= 0.6 is 0 Å². The SMILES string of the molecule is c1ccc(-c2cccc(Oc3ccc4c(c3)Oc3cccc5c3B4c3ccccc3O5)c2)cc1. The molecule has 0 radical (unpaired) electrons. The maximum Gasteiger partial charge on any atom is 0.260 e. The van der Waals surface area contributed by atoms with Crippen molar-refractivity contribution in [3.63, 3.8) is 0 Å². The van der Waals surface area contributed by atoms with E-state index in [0.29, 0.717) is 0 Å². The zero-order valence-electron chi connectivity index (χ0n) is 18.3. The maximum atomic E-state index is 6.35. The third-order valence-corrected chi connectivity index (χ3v) is 6.46. The van der Waals surface area contributed by atoms with Crippen molar-refractivity contribution in [3.05, 3.63) is 115 Å². The van der Waals surface area contributed by atoms with Crippen LogP contribution < -0.4 is 30.6 Å². The molecule has 0 saturated heterocycles. The number of benzene rings is 5. The van der Waals surface area contributed by atoms with E-state index < -0.39 is 0 Å². The number of ether oxygens (including phenoxy) is 3. The highest BCUT2D eigenvalue weighted by atomic mass is 16.5. The fourth-order valence-electron chi connectivity index (χ4n) is 4.92. The Hall–Kier alpha value is -4.44. The van der Waals surface area contributed by atoms with Gasteiger partial charge in [0.25, 0.3) is 6.71 Å². The lowest BCUT2D eigenvalue weighted by atomic mass is 9.35. The lowest BCUT2D eigenvalue weighted by Gasteiger charge is -2.32. The van der Waals surface area contributed by atoms with Crippen molar-refractivity contribution in [2.75, 3.05) is 0 Å². The molecule has 160 valence electrons. The molecule has 2 aliphatic heterocycles. The second kappa shape index (κ2) is 7.56. The number of para-hydroxylation sites is 1. The van der Waals surface area contributed by atoms with Crippen molar-refractivity contribution in [2.24, 2.45) is 0 Å². The first-order valence-corrected chi connectivity index (χ1v) is 11.4. The van der Waals surface area contributed by atoms with Crippen molar-refractivity contribution >= 4 is 23.1 Å². The van der Waals surface area contributed by atoms with E-state index in [0.717, 1.165) is 62.0 Å². The van der Waals surface area contributed by atoms with Gasteiger partial charge >= 0.3 is 0 Å². The highest BCUT2D eigenvalue weighted by molar-refractivity contribution is 6.98. The average Bonchev–Trinajstić information content (AvgIpc) is 2.89. The fourth-order valence-corrected chi connectivity index (χ4v) is 4.92. The Morgan fingerprint density at radius 2 is 1.12 bits per heavy atom. The van der Waals surface area contributed by atoms with Crippen molar-refractivity contribution < 1.29 is 14.2 Å². The van der Waals surface area contributed by atoms with Gasteiger partial charge in [-0.15, -0.1) is 0 Å². The third-order valence-electron chi connectivity index (χ3n) is 6.46. The molecule has 0 aromatic heterocycles. The van der Waals surface area contributed by atoms with Crippen LogP contribution in [0.3, 0.4) is 0 Å². The van der Waals surface area contributed by atoms with Crippen LogP contribution in [0.5, 0.6) is 34.5 Å². The molecule has 7 rings (SSSR count). The van der Waals surface area contributed by atoms with Crippen LogP contribution in [0.15, 0.2) is 115 Å². The van der Waals surface area contributed by atoms with Gasteiger partial charge in [-0.25, -0.2) is 0 Å². The lowest BCUT2D eigenvalue weighted by molar-refractivity contribution is 0.454. The first-order chi connectivity index (χ1) is 16.8. The zero-order chi connectivity index (χ0) is 22.5. The van der Waals surface area contributed by atoms with Gasteiger partial charge in [0.05, 0.1) is 0 Å². The van der Waals surface area contributed by atoms with E-state index >= 15 is 0 Å². The van der Waals surface area contributed by atoms with E-state index in [-0.39, 0.29) is 6.71 Å². The molecule has 0 amide bonds. The summed E-state index contributed by atoms with van der Waals surface area (Å²) in [6.45, 7) is 0.0651. The van der Waals surface area contributed by atoms with Crippen molar-refractivity contribution in [3.8, 4) is 45.6 Å². The Morgan fingerprint density at radius 1 is 0.471 bits per heavy atom. The number of rotatable bonds is 3. The van der Waals surface area contributed by atoms with E-state index in [9.17, 15) is 0 Å². The highest BCUT2D eigenvalue weighted by Gasteiger charge is 2.39. The molecule has 5 aromatic rings. The molecule has 0 N–H and O–H groups in total. The van der Waals surface area contributed by atoms with E-state index in [2.05, 4.69) is 42.5 Å². The molecular formula is C30H19BO3. The van der Waals surface area contributed by atoms with E-state index in [1.165, 1.54) is 0 Å². The lowest BCUT2D eigenvalue weighted by Crippen LogP contribution is -2.57. The predicted octanol–water partition coefficient (Wildman–Crippen LogP) is 5.87. The topological polar surface area (TPSA) is 27.7 Å². The molecule has 0 bridgehead atoms. The first-order valence-electron chi connectivity index (χ1n) is 11.4. The van der Waals surface area contributed by atoms with Crippen molar-refractivity contribution in [1.82, 2.24) is 0 Å². The number of hydrogen-bond donors (Lipinski definition) is 0. The summed E-state index contributed by atoms with van der Waals surface area (Å²) in [5.74, 6) is 4.91. The molecule has 0 saturated carbocycles. The maximum absolute atomic E-state index is 6.35. The second-order valence-corrected chi connectivity index (χ2v) is 8.54. The Bertz CT molecular complexity index is 1540. The molecule has 3 nitrogen and oxygen atoms in total. The van der Waals surface area contributed by atoms with Gasteiger partial charge in [-0.3, -0.25) is 0 Å². The molecule has 0 atom stereocenters. The molecule has 0 fully saturated rings. The summed E-state index contributed by atoms with van der Waals surface area (Å²) >= 11 is 0. The summed E-state index contributed by atoms with van der Waals surface area (Å²) in [6.07, 6.45) is 0. The van der Waals surface area contributed by atoms with Crippen LogP contribution in [0.4, 0.5) is 0 Å². The average molecular weight is 438 g/mol. The third kappa shape index (κ3) is 3.07. The summed E-state index contributed by atoms with van der Waals surface area (Å²) in [5, 5.41) is 0. The summed E-state index contributed by atoms with van der Waals surface area (Å²) in [6, 6.07) is 38.8. The van der Waals surface area contributed by atoms with Gasteiger partial charge in [0.2, 0.25) is 0 Å². The van der Waals surface area contributed by atoms with Crippen LogP contribution in [0.2, 0.25) is 0 Å². The summed E-state index contributed by atoms with van der Waals surface area (Å²) in [7, 11) is 0. The quantitative estimate of drug-likeness (QED) is 0.323. The number of hydrogen-bond acceptors (Lipinski definition) is 3. The fraction of sp³-hybridized carbons (Fsp3) is 0. The predicted molar refractivity (Wildman–Crippen MR) is 136 cm³/mol. The van der Waals surface area contributed by atoms with Crippen LogP contribution in [-0.4, -0.2) is 6.71 Å². The normalized spacial score (nSPS) is 12.5. The minimum Gasteiger partial charge on any atom is -0.458 e. The Morgan fingerprint density at radius 3 is 2.00 bits per heavy atom. The van der Waals surface area contributed by atoms with Crippen LogP contribution in [0, 0.1) is 0 Å². The Kier molecular flexibility index (Phi) is 4.24. The van der Waals surface area contributed by atoms with Crippen molar-refractivity contribution in [1.29, 1.82) is 0 Å². The van der Waals surface area contributed by atoms with Crippen molar-refractivity contribution in [2.45, 2.75) is 0 Å². The van der Waals surface area contributed by atoms with Gasteiger partial charge in [-0.05, 0) is 58.5 Å². The molecule has 0 unspecified atom stereocenters. The van der Waals surface area contributed by atoms with E-state index in [4.69, 9.17) is 14.2 Å². The van der Waals surface area contributed by atoms with Crippen LogP contribution in [0.1, 0.15) is 0 Å². The Balaban J connectivity index is 1.27. The summed E-state index contributed by atoms with van der Waals surface area (Å²) in [5.41, 5.74) is 5.62. The van der Waals surface area contributed by atoms with Gasteiger partial charge in [0, 0.05) is 11.5 Å². The monoisotopic (exact) mass is 438 g/mol.